The lowest BCUT2D eigenvalue weighted by Crippen LogP contribution is -2.16. The van der Waals surface area contributed by atoms with Gasteiger partial charge in [0.1, 0.15) is 12.4 Å². The van der Waals surface area contributed by atoms with E-state index in [1.807, 2.05) is 24.3 Å². The first-order valence-electron chi connectivity index (χ1n) is 5.42. The number of ether oxygens (including phenoxy) is 2. The van der Waals surface area contributed by atoms with E-state index in [9.17, 15) is 0 Å². The van der Waals surface area contributed by atoms with Crippen molar-refractivity contribution in [3.8, 4) is 5.75 Å². The predicted octanol–water partition coefficient (Wildman–Crippen LogP) is 1.70. The van der Waals surface area contributed by atoms with E-state index in [2.05, 4.69) is 0 Å². The maximum atomic E-state index is 5.62. The highest BCUT2D eigenvalue weighted by molar-refractivity contribution is 5.27. The quantitative estimate of drug-likeness (QED) is 0.817. The Bertz CT molecular complexity index is 291. The summed E-state index contributed by atoms with van der Waals surface area (Å²) in [6, 6.07) is 7.89. The van der Waals surface area contributed by atoms with E-state index >= 15 is 0 Å². The van der Waals surface area contributed by atoms with E-state index in [4.69, 9.17) is 15.2 Å². The smallest absolute Gasteiger partial charge is 0.119 e. The van der Waals surface area contributed by atoms with Gasteiger partial charge in [-0.15, -0.1) is 0 Å². The van der Waals surface area contributed by atoms with Crippen LogP contribution in [0, 0.1) is 0 Å². The van der Waals surface area contributed by atoms with Gasteiger partial charge in [-0.05, 0) is 30.5 Å². The lowest BCUT2D eigenvalue weighted by Gasteiger charge is -2.11. The van der Waals surface area contributed by atoms with Gasteiger partial charge in [-0.2, -0.15) is 0 Å². The largest absolute Gasteiger partial charge is 0.491 e. The van der Waals surface area contributed by atoms with Crippen LogP contribution in [0.4, 0.5) is 0 Å². The summed E-state index contributed by atoms with van der Waals surface area (Å²) in [4.78, 5) is 0. The first-order chi connectivity index (χ1) is 7.38. The Balaban J connectivity index is 1.82. The molecule has 0 unspecified atom stereocenters. The van der Waals surface area contributed by atoms with E-state index < -0.39 is 0 Å². The molecule has 0 aromatic heterocycles. The molecule has 1 atom stereocenters. The van der Waals surface area contributed by atoms with E-state index in [0.29, 0.717) is 13.2 Å². The van der Waals surface area contributed by atoms with Gasteiger partial charge in [0.2, 0.25) is 0 Å². The second-order valence-corrected chi connectivity index (χ2v) is 3.79. The first kappa shape index (κ1) is 10.5. The maximum Gasteiger partial charge on any atom is 0.119 e. The number of hydrogen-bond donors (Lipinski definition) is 1. The van der Waals surface area contributed by atoms with Gasteiger partial charge in [-0.3, -0.25) is 0 Å². The number of benzene rings is 1. The van der Waals surface area contributed by atoms with Gasteiger partial charge in [0.25, 0.3) is 0 Å². The average molecular weight is 207 g/mol. The van der Waals surface area contributed by atoms with Gasteiger partial charge in [0.15, 0.2) is 0 Å². The second kappa shape index (κ2) is 5.14. The van der Waals surface area contributed by atoms with E-state index in [0.717, 1.165) is 30.8 Å². The van der Waals surface area contributed by atoms with Crippen molar-refractivity contribution in [1.82, 2.24) is 0 Å². The van der Waals surface area contributed by atoms with Gasteiger partial charge in [0.05, 0.1) is 6.10 Å². The Hall–Kier alpha value is -1.06. The first-order valence-corrected chi connectivity index (χ1v) is 5.42. The molecule has 3 nitrogen and oxygen atoms in total. The third kappa shape index (κ3) is 2.94. The molecule has 2 N–H and O–H groups in total. The minimum Gasteiger partial charge on any atom is -0.491 e. The summed E-state index contributed by atoms with van der Waals surface area (Å²) in [5.74, 6) is 0.891. The second-order valence-electron chi connectivity index (χ2n) is 3.79. The van der Waals surface area contributed by atoms with Crippen molar-refractivity contribution >= 4 is 0 Å². The highest BCUT2D eigenvalue weighted by atomic mass is 16.5. The molecule has 1 fully saturated rings. The van der Waals surface area contributed by atoms with Crippen LogP contribution in [-0.2, 0) is 11.3 Å². The number of nitrogens with two attached hydrogens (primary N) is 1. The lowest BCUT2D eigenvalue weighted by molar-refractivity contribution is 0.0679. The highest BCUT2D eigenvalue weighted by Gasteiger charge is 2.15. The van der Waals surface area contributed by atoms with Crippen molar-refractivity contribution in [3.63, 3.8) is 0 Å². The molecule has 1 aliphatic rings. The molecule has 0 bridgehead atoms. The molecule has 15 heavy (non-hydrogen) atoms. The van der Waals surface area contributed by atoms with Gasteiger partial charge in [-0.1, -0.05) is 12.1 Å². The van der Waals surface area contributed by atoms with Crippen LogP contribution in [-0.4, -0.2) is 19.3 Å². The molecule has 1 saturated heterocycles. The molecule has 1 aromatic carbocycles. The van der Waals surface area contributed by atoms with Crippen molar-refractivity contribution < 1.29 is 9.47 Å². The van der Waals surface area contributed by atoms with E-state index in [1.165, 1.54) is 0 Å². The topological polar surface area (TPSA) is 44.5 Å². The summed E-state index contributed by atoms with van der Waals surface area (Å²) in [5, 5.41) is 0. The van der Waals surface area contributed by atoms with Gasteiger partial charge >= 0.3 is 0 Å². The number of rotatable bonds is 4. The monoisotopic (exact) mass is 207 g/mol. The van der Waals surface area contributed by atoms with Crippen molar-refractivity contribution in [2.75, 3.05) is 13.2 Å². The number of hydrogen-bond acceptors (Lipinski definition) is 3. The molecule has 0 radical (unpaired) electrons. The fourth-order valence-corrected chi connectivity index (χ4v) is 1.69. The van der Waals surface area contributed by atoms with Gasteiger partial charge in [0, 0.05) is 13.2 Å². The molecule has 0 saturated carbocycles. The zero-order valence-electron chi connectivity index (χ0n) is 8.82. The summed E-state index contributed by atoms with van der Waals surface area (Å²) in [7, 11) is 0. The Kier molecular flexibility index (Phi) is 3.59. The molecular formula is C12H17NO2. The molecular weight excluding hydrogens is 190 g/mol. The van der Waals surface area contributed by atoms with E-state index in [1.54, 1.807) is 0 Å². The van der Waals surface area contributed by atoms with Crippen LogP contribution in [0.15, 0.2) is 24.3 Å². The molecule has 1 heterocycles. The molecule has 3 heteroatoms. The molecule has 2 rings (SSSR count). The van der Waals surface area contributed by atoms with E-state index in [-0.39, 0.29) is 6.10 Å². The van der Waals surface area contributed by atoms with Crippen LogP contribution in [0.25, 0.3) is 0 Å². The molecule has 1 aromatic rings. The molecule has 0 spiro atoms. The molecule has 82 valence electrons. The average Bonchev–Trinajstić information content (AvgIpc) is 2.80. The zero-order valence-corrected chi connectivity index (χ0v) is 8.82. The zero-order chi connectivity index (χ0) is 10.5. The van der Waals surface area contributed by atoms with Crippen molar-refractivity contribution in [1.29, 1.82) is 0 Å². The van der Waals surface area contributed by atoms with Crippen LogP contribution in [0.5, 0.6) is 5.75 Å². The van der Waals surface area contributed by atoms with Crippen LogP contribution in [0.2, 0.25) is 0 Å². The summed E-state index contributed by atoms with van der Waals surface area (Å²) < 4.78 is 11.1. The minimum atomic E-state index is 0.277. The highest BCUT2D eigenvalue weighted by Crippen LogP contribution is 2.16. The Morgan fingerprint density at radius 1 is 1.33 bits per heavy atom. The predicted molar refractivity (Wildman–Crippen MR) is 58.8 cm³/mol. The molecule has 1 aliphatic heterocycles. The summed E-state index contributed by atoms with van der Waals surface area (Å²) in [6.45, 7) is 2.11. The summed E-state index contributed by atoms with van der Waals surface area (Å²) in [6.07, 6.45) is 2.54. The summed E-state index contributed by atoms with van der Waals surface area (Å²) >= 11 is 0. The summed E-state index contributed by atoms with van der Waals surface area (Å²) in [5.41, 5.74) is 6.64. The third-order valence-electron chi connectivity index (χ3n) is 2.62. The Morgan fingerprint density at radius 2 is 2.13 bits per heavy atom. The van der Waals surface area contributed by atoms with Crippen LogP contribution < -0.4 is 10.5 Å². The third-order valence-corrected chi connectivity index (χ3v) is 2.62. The van der Waals surface area contributed by atoms with Crippen LogP contribution in [0.3, 0.4) is 0 Å². The van der Waals surface area contributed by atoms with Crippen molar-refractivity contribution in [2.45, 2.75) is 25.5 Å². The van der Waals surface area contributed by atoms with Crippen molar-refractivity contribution in [2.24, 2.45) is 5.73 Å². The SMILES string of the molecule is NCc1ccc(OC[C@H]2CCCO2)cc1. The lowest BCUT2D eigenvalue weighted by atomic mass is 10.2. The minimum absolute atomic E-state index is 0.277. The van der Waals surface area contributed by atoms with Crippen LogP contribution in [0.1, 0.15) is 18.4 Å². The fraction of sp³-hybridized carbons (Fsp3) is 0.500. The van der Waals surface area contributed by atoms with Gasteiger partial charge < -0.3 is 15.2 Å². The Labute approximate surface area is 90.2 Å². The van der Waals surface area contributed by atoms with Crippen molar-refractivity contribution in [3.05, 3.63) is 29.8 Å². The maximum absolute atomic E-state index is 5.62. The molecule has 0 amide bonds. The standard InChI is InChI=1S/C12H17NO2/c13-8-10-3-5-11(6-4-10)15-9-12-2-1-7-14-12/h3-6,12H,1-2,7-9,13H2/t12-/m1/s1. The van der Waals surface area contributed by atoms with Gasteiger partial charge in [-0.25, -0.2) is 0 Å². The fourth-order valence-electron chi connectivity index (χ4n) is 1.69. The molecule has 0 aliphatic carbocycles. The van der Waals surface area contributed by atoms with Crippen LogP contribution >= 0.6 is 0 Å². The normalized spacial score (nSPS) is 20.5. The Morgan fingerprint density at radius 3 is 2.73 bits per heavy atom.